The number of carbonyl (C=O) groups excluding carboxylic acids is 1. The van der Waals surface area contributed by atoms with Gasteiger partial charge in [0, 0.05) is 5.92 Å². The molecule has 1 spiro atoms. The maximum absolute atomic E-state index is 13.7. The van der Waals surface area contributed by atoms with E-state index in [2.05, 4.69) is 55.4 Å². The van der Waals surface area contributed by atoms with Gasteiger partial charge in [-0.3, -0.25) is 4.79 Å². The van der Waals surface area contributed by atoms with Crippen LogP contribution in [0.5, 0.6) is 0 Å². The number of fused-ring (bicyclic) bond motifs is 1. The second-order valence-electron chi connectivity index (χ2n) is 13.1. The third kappa shape index (κ3) is 2.39. The lowest BCUT2D eigenvalue weighted by Gasteiger charge is -2.67. The first-order valence-electron chi connectivity index (χ1n) is 10.9. The molecule has 0 aromatic heterocycles. The van der Waals surface area contributed by atoms with Gasteiger partial charge in [-0.2, -0.15) is 0 Å². The second kappa shape index (κ2) is 5.09. The van der Waals surface area contributed by atoms with Crippen molar-refractivity contribution in [2.24, 2.45) is 45.3 Å². The molecule has 2 heteroatoms. The minimum Gasteiger partial charge on any atom is -0.458 e. The molecule has 5 saturated carbocycles. The van der Waals surface area contributed by atoms with Gasteiger partial charge in [-0.1, -0.05) is 41.5 Å². The number of carbonyl (C=O) groups is 1. The van der Waals surface area contributed by atoms with E-state index in [1.807, 2.05) is 0 Å². The van der Waals surface area contributed by atoms with Crippen molar-refractivity contribution < 1.29 is 9.53 Å². The van der Waals surface area contributed by atoms with Crippen LogP contribution in [-0.2, 0) is 9.53 Å². The van der Waals surface area contributed by atoms with E-state index >= 15 is 0 Å². The molecule has 5 aliphatic rings. The van der Waals surface area contributed by atoms with Crippen molar-refractivity contribution in [2.75, 3.05) is 0 Å². The van der Waals surface area contributed by atoms with Gasteiger partial charge in [0.25, 0.3) is 0 Å². The first-order valence-corrected chi connectivity index (χ1v) is 10.9. The van der Waals surface area contributed by atoms with Gasteiger partial charge in [-0.25, -0.2) is 0 Å². The van der Waals surface area contributed by atoms with Gasteiger partial charge in [-0.15, -0.1) is 0 Å². The Morgan fingerprint density at radius 1 is 0.962 bits per heavy atom. The van der Waals surface area contributed by atoms with Crippen molar-refractivity contribution in [1.82, 2.24) is 0 Å². The highest BCUT2D eigenvalue weighted by molar-refractivity contribution is 5.78. The summed E-state index contributed by atoms with van der Waals surface area (Å²) in [6.45, 7) is 17.8. The summed E-state index contributed by atoms with van der Waals surface area (Å²) in [4.78, 5) is 13.7. The molecule has 0 N–H and O–H groups in total. The van der Waals surface area contributed by atoms with Crippen LogP contribution in [-0.4, -0.2) is 11.6 Å². The van der Waals surface area contributed by atoms with E-state index in [0.29, 0.717) is 17.3 Å². The van der Waals surface area contributed by atoms with Crippen LogP contribution in [0, 0.1) is 45.3 Å². The fourth-order valence-electron chi connectivity index (χ4n) is 7.66. The zero-order valence-corrected chi connectivity index (χ0v) is 18.4. The summed E-state index contributed by atoms with van der Waals surface area (Å²) in [5.41, 5.74) is -0.0247. The molecule has 0 aromatic rings. The lowest BCUT2D eigenvalue weighted by molar-refractivity contribution is -0.254. The Labute approximate surface area is 160 Å². The van der Waals surface area contributed by atoms with Crippen LogP contribution in [0.3, 0.4) is 0 Å². The Kier molecular flexibility index (Phi) is 3.68. The summed E-state index contributed by atoms with van der Waals surface area (Å²) < 4.78 is 6.61. The number of rotatable bonds is 3. The van der Waals surface area contributed by atoms with E-state index in [1.165, 1.54) is 32.1 Å². The minimum atomic E-state index is -0.454. The molecule has 2 nitrogen and oxygen atoms in total. The minimum absolute atomic E-state index is 0.0598. The van der Waals surface area contributed by atoms with Crippen LogP contribution in [0.4, 0.5) is 0 Å². The Morgan fingerprint density at radius 3 is 2.19 bits per heavy atom. The molecule has 5 rings (SSSR count). The number of hydrogen-bond donors (Lipinski definition) is 0. The van der Waals surface area contributed by atoms with Gasteiger partial charge in [0.1, 0.15) is 5.60 Å². The molecule has 0 saturated heterocycles. The van der Waals surface area contributed by atoms with Gasteiger partial charge in [0.2, 0.25) is 0 Å². The molecule has 5 fully saturated rings. The summed E-state index contributed by atoms with van der Waals surface area (Å²) in [5, 5.41) is 0. The number of ether oxygens (including phenoxy) is 1. The van der Waals surface area contributed by atoms with Gasteiger partial charge in [0.15, 0.2) is 0 Å². The van der Waals surface area contributed by atoms with E-state index in [-0.39, 0.29) is 22.4 Å². The van der Waals surface area contributed by atoms with Crippen LogP contribution in [0.1, 0.15) is 93.9 Å². The molecule has 0 aliphatic heterocycles. The topological polar surface area (TPSA) is 26.3 Å². The highest BCUT2D eigenvalue weighted by atomic mass is 16.6. The van der Waals surface area contributed by atoms with Crippen molar-refractivity contribution in [3.05, 3.63) is 0 Å². The fourth-order valence-corrected chi connectivity index (χ4v) is 7.66. The zero-order valence-electron chi connectivity index (χ0n) is 18.4. The molecule has 4 bridgehead atoms. The predicted molar refractivity (Wildman–Crippen MR) is 106 cm³/mol. The first kappa shape index (κ1) is 18.8. The highest BCUT2D eigenvalue weighted by Crippen LogP contribution is 2.77. The number of hydrogen-bond acceptors (Lipinski definition) is 2. The second-order valence-corrected chi connectivity index (χ2v) is 13.1. The predicted octanol–water partition coefficient (Wildman–Crippen LogP) is 6.23. The van der Waals surface area contributed by atoms with Crippen LogP contribution >= 0.6 is 0 Å². The highest BCUT2D eigenvalue weighted by Gasteiger charge is 2.74. The standard InChI is InChI=1S/C24H40O2/c1-20(2,3)14-22(7,21(4,5)6)19(25)26-23(8)16-9-15-10-17-18(23)13-24(17,11-15)12-16/h15-18H,9-14H2,1-8H3. The van der Waals surface area contributed by atoms with Crippen LogP contribution < -0.4 is 0 Å². The smallest absolute Gasteiger partial charge is 0.312 e. The Morgan fingerprint density at radius 2 is 1.62 bits per heavy atom. The van der Waals surface area contributed by atoms with Crippen LogP contribution in [0.2, 0.25) is 0 Å². The molecular weight excluding hydrogens is 320 g/mol. The Hall–Kier alpha value is -0.530. The molecule has 26 heavy (non-hydrogen) atoms. The van der Waals surface area contributed by atoms with Crippen LogP contribution in [0.25, 0.3) is 0 Å². The average molecular weight is 361 g/mol. The average Bonchev–Trinajstić information content (AvgIpc) is 2.59. The summed E-state index contributed by atoms with van der Waals surface area (Å²) in [5.74, 6) is 3.03. The number of esters is 1. The molecule has 7 unspecified atom stereocenters. The summed E-state index contributed by atoms with van der Waals surface area (Å²) in [6, 6.07) is 0. The largest absolute Gasteiger partial charge is 0.458 e. The van der Waals surface area contributed by atoms with E-state index < -0.39 is 5.41 Å². The molecule has 7 atom stereocenters. The zero-order chi connectivity index (χ0) is 19.3. The normalized spacial score (nSPS) is 45.8. The molecule has 0 heterocycles. The van der Waals surface area contributed by atoms with Gasteiger partial charge < -0.3 is 4.74 Å². The first-order chi connectivity index (χ1) is 11.7. The molecule has 0 aromatic carbocycles. The van der Waals surface area contributed by atoms with Crippen molar-refractivity contribution in [3.8, 4) is 0 Å². The van der Waals surface area contributed by atoms with Crippen molar-refractivity contribution in [3.63, 3.8) is 0 Å². The van der Waals surface area contributed by atoms with E-state index in [0.717, 1.165) is 18.3 Å². The summed E-state index contributed by atoms with van der Waals surface area (Å²) in [6.07, 6.45) is 7.68. The Bertz CT molecular complexity index is 617. The van der Waals surface area contributed by atoms with Crippen molar-refractivity contribution in [2.45, 2.75) is 99.5 Å². The van der Waals surface area contributed by atoms with Gasteiger partial charge >= 0.3 is 5.97 Å². The molecule has 148 valence electrons. The summed E-state index contributed by atoms with van der Waals surface area (Å²) >= 11 is 0. The van der Waals surface area contributed by atoms with E-state index in [4.69, 9.17) is 4.74 Å². The monoisotopic (exact) mass is 360 g/mol. The quantitative estimate of drug-likeness (QED) is 0.557. The molecule has 5 aliphatic carbocycles. The van der Waals surface area contributed by atoms with Crippen molar-refractivity contribution in [1.29, 1.82) is 0 Å². The third-order valence-corrected chi connectivity index (χ3v) is 9.30. The van der Waals surface area contributed by atoms with E-state index in [9.17, 15) is 4.79 Å². The maximum atomic E-state index is 13.7. The van der Waals surface area contributed by atoms with Crippen LogP contribution in [0.15, 0.2) is 0 Å². The molecule has 0 amide bonds. The maximum Gasteiger partial charge on any atom is 0.312 e. The van der Waals surface area contributed by atoms with E-state index in [1.54, 1.807) is 0 Å². The third-order valence-electron chi connectivity index (χ3n) is 9.30. The molecule has 0 radical (unpaired) electrons. The fraction of sp³-hybridized carbons (Fsp3) is 0.958. The van der Waals surface area contributed by atoms with Crippen molar-refractivity contribution >= 4 is 5.97 Å². The van der Waals surface area contributed by atoms with Gasteiger partial charge in [-0.05, 0) is 86.4 Å². The lowest BCUT2D eigenvalue weighted by atomic mass is 9.40. The SMILES string of the molecule is CC(C)(C)CC(C)(C(=O)OC1(C)C2CC3CC4C1CC4(C3)C2)C(C)(C)C. The lowest BCUT2D eigenvalue weighted by Crippen LogP contribution is -2.66. The molecular formula is C24H40O2. The Balaban J connectivity index is 1.61. The summed E-state index contributed by atoms with van der Waals surface area (Å²) in [7, 11) is 0. The van der Waals surface area contributed by atoms with Gasteiger partial charge in [0.05, 0.1) is 5.41 Å².